The van der Waals surface area contributed by atoms with Crippen LogP contribution in [0.25, 0.3) is 0 Å². The predicted octanol–water partition coefficient (Wildman–Crippen LogP) is 3.25. The lowest BCUT2D eigenvalue weighted by molar-refractivity contribution is 0.0581. The van der Waals surface area contributed by atoms with Gasteiger partial charge in [0.25, 0.3) is 0 Å². The Balaban J connectivity index is 0.00000144. The van der Waals surface area contributed by atoms with Crippen molar-refractivity contribution in [1.29, 1.82) is 0 Å². The van der Waals surface area contributed by atoms with E-state index in [1.807, 2.05) is 0 Å². The maximum absolute atomic E-state index is 2.84. The van der Waals surface area contributed by atoms with Crippen molar-refractivity contribution in [2.75, 3.05) is 6.54 Å². The van der Waals surface area contributed by atoms with Gasteiger partial charge in [-0.3, -0.25) is 4.90 Å². The van der Waals surface area contributed by atoms with E-state index in [-0.39, 0.29) is 5.48 Å². The molecule has 1 aliphatic carbocycles. The van der Waals surface area contributed by atoms with Gasteiger partial charge in [0.1, 0.15) is 0 Å². The van der Waals surface area contributed by atoms with Gasteiger partial charge in [0.2, 0.25) is 0 Å². The van der Waals surface area contributed by atoms with Crippen LogP contribution in [-0.2, 0) is 0 Å². The van der Waals surface area contributed by atoms with Gasteiger partial charge in [-0.25, -0.2) is 0 Å². The molecular weight excluding hydrogens is 210 g/mol. The lowest BCUT2D eigenvalue weighted by Crippen LogP contribution is -2.45. The zero-order valence-electron chi connectivity index (χ0n) is 12.1. The van der Waals surface area contributed by atoms with Gasteiger partial charge >= 0.3 is 0 Å². The predicted molar refractivity (Wildman–Crippen MR) is 74.2 cm³/mol. The zero-order chi connectivity index (χ0) is 11.8. The molecule has 2 rings (SSSR count). The summed E-state index contributed by atoms with van der Waals surface area (Å²) in [5, 5.41) is 0. The smallest absolute Gasteiger partial charge is 0.0106 e. The van der Waals surface area contributed by atoms with Crippen LogP contribution >= 0.6 is 0 Å². The second-order valence-corrected chi connectivity index (χ2v) is 7.01. The van der Waals surface area contributed by atoms with Gasteiger partial charge in [-0.2, -0.15) is 0 Å². The van der Waals surface area contributed by atoms with E-state index in [1.54, 1.807) is 0 Å². The van der Waals surface area contributed by atoms with Crippen molar-refractivity contribution in [3.05, 3.63) is 0 Å². The molecule has 0 radical (unpaired) electrons. The van der Waals surface area contributed by atoms with Crippen molar-refractivity contribution >= 4 is 0 Å². The van der Waals surface area contributed by atoms with Crippen molar-refractivity contribution in [2.24, 2.45) is 11.3 Å². The van der Waals surface area contributed by atoms with Gasteiger partial charge in [-0.1, -0.05) is 27.7 Å². The average molecular weight is 241 g/mol. The second-order valence-electron chi connectivity index (χ2n) is 7.01. The number of nitrogens with zero attached hydrogens (tertiary/aromatic N) is 1. The molecule has 0 spiro atoms. The Kier molecular flexibility index (Phi) is 5.03. The summed E-state index contributed by atoms with van der Waals surface area (Å²) in [6.07, 6.45) is 8.53. The highest BCUT2D eigenvalue weighted by molar-refractivity contribution is 4.92. The van der Waals surface area contributed by atoms with Crippen LogP contribution < -0.4 is 0 Å². The summed E-state index contributed by atoms with van der Waals surface area (Å²) in [5.41, 5.74) is 0.573. The molecule has 2 N–H and O–H groups in total. The molecule has 0 aromatic heterocycles. The summed E-state index contributed by atoms with van der Waals surface area (Å²) < 4.78 is 0. The van der Waals surface area contributed by atoms with E-state index in [2.05, 4.69) is 32.6 Å². The Labute approximate surface area is 107 Å². The van der Waals surface area contributed by atoms with Gasteiger partial charge in [0, 0.05) is 12.1 Å². The molecule has 0 bridgehead atoms. The molecule has 3 unspecified atom stereocenters. The van der Waals surface area contributed by atoms with Crippen LogP contribution in [0.15, 0.2) is 0 Å². The number of hydrogen-bond donors (Lipinski definition) is 0. The monoisotopic (exact) mass is 241 g/mol. The first-order valence-corrected chi connectivity index (χ1v) is 7.27. The van der Waals surface area contributed by atoms with Crippen molar-refractivity contribution in [3.63, 3.8) is 0 Å². The zero-order valence-corrected chi connectivity index (χ0v) is 12.1. The molecule has 17 heavy (non-hydrogen) atoms. The Hall–Kier alpha value is -0.0800. The lowest BCUT2D eigenvalue weighted by Gasteiger charge is -2.44. The van der Waals surface area contributed by atoms with E-state index >= 15 is 0 Å². The SMILES string of the molecule is CCC1CCCN1C1CC(C)CC(C)(C)C1.O. The molecule has 2 fully saturated rings. The van der Waals surface area contributed by atoms with E-state index in [0.717, 1.165) is 18.0 Å². The molecule has 1 heterocycles. The first-order chi connectivity index (χ1) is 7.52. The van der Waals surface area contributed by atoms with Crippen LogP contribution in [-0.4, -0.2) is 29.0 Å². The summed E-state index contributed by atoms with van der Waals surface area (Å²) >= 11 is 0. The number of rotatable bonds is 2. The highest BCUT2D eigenvalue weighted by Crippen LogP contribution is 2.42. The molecule has 0 aromatic rings. The Bertz CT molecular complexity index is 239. The Morgan fingerprint density at radius 3 is 2.53 bits per heavy atom. The minimum atomic E-state index is 0. The fraction of sp³-hybridized carbons (Fsp3) is 1.00. The maximum Gasteiger partial charge on any atom is 0.0106 e. The summed E-state index contributed by atoms with van der Waals surface area (Å²) in [5.74, 6) is 0.923. The molecular formula is C15H31NO. The van der Waals surface area contributed by atoms with Crippen LogP contribution in [0.4, 0.5) is 0 Å². The largest absolute Gasteiger partial charge is 0.412 e. The van der Waals surface area contributed by atoms with E-state index in [0.29, 0.717) is 5.41 Å². The molecule has 3 atom stereocenters. The normalized spacial score (nSPS) is 37.8. The van der Waals surface area contributed by atoms with E-state index in [1.165, 1.54) is 45.1 Å². The van der Waals surface area contributed by atoms with Crippen LogP contribution in [0.2, 0.25) is 0 Å². The minimum Gasteiger partial charge on any atom is -0.412 e. The molecule has 102 valence electrons. The molecule has 2 nitrogen and oxygen atoms in total. The fourth-order valence-electron chi connectivity index (χ4n) is 4.33. The highest BCUT2D eigenvalue weighted by Gasteiger charge is 2.38. The molecule has 1 saturated heterocycles. The molecule has 2 heteroatoms. The fourth-order valence-corrected chi connectivity index (χ4v) is 4.33. The second kappa shape index (κ2) is 5.71. The third kappa shape index (κ3) is 3.45. The summed E-state index contributed by atoms with van der Waals surface area (Å²) in [4.78, 5) is 2.84. The topological polar surface area (TPSA) is 34.7 Å². The molecule has 0 aromatic carbocycles. The number of likely N-dealkylation sites (tertiary alicyclic amines) is 1. The average Bonchev–Trinajstić information content (AvgIpc) is 2.61. The van der Waals surface area contributed by atoms with Crippen molar-refractivity contribution in [3.8, 4) is 0 Å². The standard InChI is InChI=1S/C15H29N.H2O/c1-5-13-7-6-8-16(13)14-9-12(2)10-15(3,4)11-14;/h12-14H,5-11H2,1-4H3;1H2. The van der Waals surface area contributed by atoms with Crippen molar-refractivity contribution in [2.45, 2.75) is 78.3 Å². The third-order valence-corrected chi connectivity index (χ3v) is 4.73. The first kappa shape index (κ1) is 15.0. The molecule has 1 aliphatic heterocycles. The minimum absolute atomic E-state index is 0. The molecule has 0 amide bonds. The van der Waals surface area contributed by atoms with Gasteiger partial charge in [0.05, 0.1) is 0 Å². The van der Waals surface area contributed by atoms with Crippen LogP contribution in [0.1, 0.15) is 66.2 Å². The molecule has 1 saturated carbocycles. The van der Waals surface area contributed by atoms with Crippen LogP contribution in [0, 0.1) is 11.3 Å². The van der Waals surface area contributed by atoms with Gasteiger partial charge in [0.15, 0.2) is 0 Å². The Morgan fingerprint density at radius 2 is 1.94 bits per heavy atom. The number of hydrogen-bond acceptors (Lipinski definition) is 1. The van der Waals surface area contributed by atoms with Crippen LogP contribution in [0.5, 0.6) is 0 Å². The van der Waals surface area contributed by atoms with E-state index in [9.17, 15) is 0 Å². The molecule has 2 aliphatic rings. The van der Waals surface area contributed by atoms with Gasteiger partial charge in [-0.15, -0.1) is 0 Å². The van der Waals surface area contributed by atoms with Gasteiger partial charge < -0.3 is 5.48 Å². The van der Waals surface area contributed by atoms with Crippen molar-refractivity contribution in [1.82, 2.24) is 4.90 Å². The summed E-state index contributed by atoms with van der Waals surface area (Å²) in [6, 6.07) is 1.78. The summed E-state index contributed by atoms with van der Waals surface area (Å²) in [7, 11) is 0. The first-order valence-electron chi connectivity index (χ1n) is 7.27. The van der Waals surface area contributed by atoms with Gasteiger partial charge in [-0.05, 0) is 56.4 Å². The summed E-state index contributed by atoms with van der Waals surface area (Å²) in [6.45, 7) is 11.1. The Morgan fingerprint density at radius 1 is 1.24 bits per heavy atom. The van der Waals surface area contributed by atoms with E-state index < -0.39 is 0 Å². The quantitative estimate of drug-likeness (QED) is 0.731. The maximum atomic E-state index is 2.84. The van der Waals surface area contributed by atoms with Crippen LogP contribution in [0.3, 0.4) is 0 Å². The lowest BCUT2D eigenvalue weighted by atomic mass is 9.70. The third-order valence-electron chi connectivity index (χ3n) is 4.73. The highest BCUT2D eigenvalue weighted by atomic mass is 16.0. The van der Waals surface area contributed by atoms with E-state index in [4.69, 9.17) is 0 Å². The van der Waals surface area contributed by atoms with Crippen molar-refractivity contribution < 1.29 is 5.48 Å².